The molecule has 10 heteroatoms. The molecule has 5 heterocycles. The van der Waals surface area contributed by atoms with Crippen molar-refractivity contribution in [3.8, 4) is 16.8 Å². The number of pyridine rings is 3. The number of hydrogen-bond donors (Lipinski definition) is 2. The van der Waals surface area contributed by atoms with E-state index in [1.165, 1.54) is 6.07 Å². The average molecular weight is 500 g/mol. The number of aryl methyl sites for hydroxylation is 2. The number of nitrogens with zero attached hydrogens (tertiary/aromatic N) is 6. The predicted molar refractivity (Wildman–Crippen MR) is 142 cm³/mol. The van der Waals surface area contributed by atoms with E-state index in [9.17, 15) is 14.3 Å². The average Bonchev–Trinajstić information content (AvgIpc) is 3.44. The van der Waals surface area contributed by atoms with Gasteiger partial charge in [0.2, 0.25) is 0 Å². The number of rotatable bonds is 4. The number of nitrogens with one attached hydrogen (secondary N) is 1. The lowest BCUT2D eigenvalue weighted by Gasteiger charge is -2.18. The fraction of sp³-hybridized carbons (Fsp3) is 0.259. The summed E-state index contributed by atoms with van der Waals surface area (Å²) in [5.41, 5.74) is 4.63. The van der Waals surface area contributed by atoms with Gasteiger partial charge in [0.05, 0.1) is 40.2 Å². The lowest BCUT2D eigenvalue weighted by molar-refractivity contribution is 0.198. The minimum Gasteiger partial charge on any atom is -0.391 e. The third-order valence-electron chi connectivity index (χ3n) is 7.07. The maximum Gasteiger partial charge on any atom is 0.333 e. The molecule has 1 aliphatic heterocycles. The Bertz CT molecular complexity index is 1740. The first-order valence-corrected chi connectivity index (χ1v) is 12.1. The van der Waals surface area contributed by atoms with E-state index < -0.39 is 5.82 Å². The summed E-state index contributed by atoms with van der Waals surface area (Å²) in [6.07, 6.45) is 3.67. The lowest BCUT2D eigenvalue weighted by Crippen LogP contribution is -2.24. The van der Waals surface area contributed by atoms with Gasteiger partial charge in [-0.15, -0.1) is 0 Å². The van der Waals surface area contributed by atoms with Crippen LogP contribution in [0.2, 0.25) is 0 Å². The molecule has 0 radical (unpaired) electrons. The van der Waals surface area contributed by atoms with Crippen LogP contribution < -0.4 is 15.9 Å². The van der Waals surface area contributed by atoms with Gasteiger partial charge < -0.3 is 15.3 Å². The first-order chi connectivity index (χ1) is 17.9. The van der Waals surface area contributed by atoms with Crippen LogP contribution in [0.3, 0.4) is 0 Å². The topological polar surface area (TPSA) is 101 Å². The van der Waals surface area contributed by atoms with Crippen molar-refractivity contribution in [2.45, 2.75) is 19.4 Å². The molecule has 1 atom stereocenters. The van der Waals surface area contributed by atoms with Crippen molar-refractivity contribution in [3.05, 3.63) is 70.8 Å². The number of aliphatic hydroxyl groups excluding tert-OH is 1. The quantitative estimate of drug-likeness (QED) is 0.391. The van der Waals surface area contributed by atoms with E-state index in [0.29, 0.717) is 46.5 Å². The number of benzene rings is 1. The number of β-amino-alcohol motifs (C(OH)–C–C–N with tert-alkyl or cyclic N) is 1. The Kier molecular flexibility index (Phi) is 5.41. The summed E-state index contributed by atoms with van der Waals surface area (Å²) in [5.74, 6) is 0.514. The first kappa shape index (κ1) is 23.1. The second kappa shape index (κ2) is 8.67. The fourth-order valence-electron chi connectivity index (χ4n) is 5.08. The van der Waals surface area contributed by atoms with E-state index >= 15 is 0 Å². The molecule has 2 N–H and O–H groups in total. The van der Waals surface area contributed by atoms with Crippen LogP contribution in [-0.2, 0) is 7.05 Å². The first-order valence-electron chi connectivity index (χ1n) is 12.1. The summed E-state index contributed by atoms with van der Waals surface area (Å²) in [6, 6.07) is 10.9. The number of fused-ring (bicyclic) bond motifs is 3. The third-order valence-corrected chi connectivity index (χ3v) is 7.07. The summed E-state index contributed by atoms with van der Waals surface area (Å²) < 4.78 is 17.7. The van der Waals surface area contributed by atoms with E-state index in [4.69, 9.17) is 4.98 Å². The van der Waals surface area contributed by atoms with Crippen LogP contribution in [-0.4, -0.2) is 55.4 Å². The van der Waals surface area contributed by atoms with Crippen molar-refractivity contribution in [3.63, 3.8) is 0 Å². The van der Waals surface area contributed by atoms with Gasteiger partial charge >= 0.3 is 5.69 Å². The molecule has 1 unspecified atom stereocenters. The number of halogens is 1. The zero-order valence-electron chi connectivity index (χ0n) is 20.7. The van der Waals surface area contributed by atoms with Crippen LogP contribution in [0, 0.1) is 12.7 Å². The van der Waals surface area contributed by atoms with Gasteiger partial charge in [0.15, 0.2) is 11.6 Å². The largest absolute Gasteiger partial charge is 0.391 e. The molecular formula is C27H26FN7O2. The highest BCUT2D eigenvalue weighted by atomic mass is 19.1. The molecule has 4 aromatic heterocycles. The van der Waals surface area contributed by atoms with Gasteiger partial charge in [-0.2, -0.15) is 0 Å². The van der Waals surface area contributed by atoms with Crippen LogP contribution in [0.15, 0.2) is 53.6 Å². The number of hydrogen-bond acceptors (Lipinski definition) is 7. The number of aromatic nitrogens is 5. The van der Waals surface area contributed by atoms with E-state index in [1.54, 1.807) is 35.6 Å². The minimum absolute atomic E-state index is 0.181. The van der Waals surface area contributed by atoms with Crippen molar-refractivity contribution in [2.75, 3.05) is 30.4 Å². The second-order valence-corrected chi connectivity index (χ2v) is 9.37. The maximum atomic E-state index is 14.4. The Hall–Kier alpha value is -4.31. The van der Waals surface area contributed by atoms with Crippen LogP contribution >= 0.6 is 0 Å². The summed E-state index contributed by atoms with van der Waals surface area (Å²) in [6.45, 7) is 3.16. The Morgan fingerprint density at radius 2 is 1.95 bits per heavy atom. The summed E-state index contributed by atoms with van der Waals surface area (Å²) in [4.78, 5) is 29.1. The lowest BCUT2D eigenvalue weighted by atomic mass is 10.0. The van der Waals surface area contributed by atoms with Crippen molar-refractivity contribution in [2.24, 2.45) is 7.05 Å². The van der Waals surface area contributed by atoms with Gasteiger partial charge in [0.1, 0.15) is 5.82 Å². The zero-order chi connectivity index (χ0) is 25.8. The van der Waals surface area contributed by atoms with Gasteiger partial charge in [0.25, 0.3) is 0 Å². The van der Waals surface area contributed by atoms with Crippen molar-refractivity contribution < 1.29 is 9.50 Å². The Morgan fingerprint density at radius 3 is 2.65 bits per heavy atom. The van der Waals surface area contributed by atoms with Gasteiger partial charge in [-0.3, -0.25) is 14.1 Å². The summed E-state index contributed by atoms with van der Waals surface area (Å²) in [7, 11) is 3.34. The molecule has 0 amide bonds. The van der Waals surface area contributed by atoms with Crippen molar-refractivity contribution in [1.29, 1.82) is 0 Å². The van der Waals surface area contributed by atoms with Gasteiger partial charge in [-0.05, 0) is 49.2 Å². The normalized spacial score (nSPS) is 15.7. The standard InChI is InChI=1S/C27H26FN7O2/c1-15-22(6-7-24(32-15)34-9-8-18(36)14-34)35-25-19-10-16(17-11-20(28)26(29-2)31-12-17)4-5-21(19)30-13-23(25)33(3)27(35)37/h4-7,10-13,18,36H,8-9,14H2,1-3H3,(H,29,31). The molecule has 0 saturated carbocycles. The van der Waals surface area contributed by atoms with Crippen LogP contribution in [0.4, 0.5) is 16.0 Å². The molecule has 0 spiro atoms. The third kappa shape index (κ3) is 3.72. The zero-order valence-corrected chi connectivity index (χ0v) is 20.7. The molecule has 1 fully saturated rings. The van der Waals surface area contributed by atoms with Crippen LogP contribution in [0.5, 0.6) is 0 Å². The SMILES string of the molecule is CNc1ncc(-c2ccc3ncc4c(c3c2)n(-c2ccc(N3CCC(O)C3)nc2C)c(=O)n4C)cc1F. The smallest absolute Gasteiger partial charge is 0.333 e. The number of anilines is 2. The highest BCUT2D eigenvalue weighted by molar-refractivity contribution is 6.04. The molecule has 37 heavy (non-hydrogen) atoms. The molecule has 9 nitrogen and oxygen atoms in total. The number of imidazole rings is 1. The van der Waals surface area contributed by atoms with Crippen LogP contribution in [0.25, 0.3) is 38.8 Å². The van der Waals surface area contributed by atoms with Crippen LogP contribution in [0.1, 0.15) is 12.1 Å². The highest BCUT2D eigenvalue weighted by Gasteiger charge is 2.23. The Labute approximate surface area is 211 Å². The molecule has 1 aromatic carbocycles. The molecule has 6 rings (SSSR count). The molecule has 188 valence electrons. The molecule has 1 saturated heterocycles. The monoisotopic (exact) mass is 499 g/mol. The summed E-state index contributed by atoms with van der Waals surface area (Å²) >= 11 is 0. The van der Waals surface area contributed by atoms with E-state index in [-0.39, 0.29) is 17.6 Å². The Morgan fingerprint density at radius 1 is 1.11 bits per heavy atom. The Balaban J connectivity index is 1.55. The fourth-order valence-corrected chi connectivity index (χ4v) is 5.08. The minimum atomic E-state index is -0.444. The molecule has 1 aliphatic rings. The summed E-state index contributed by atoms with van der Waals surface area (Å²) in [5, 5.41) is 13.4. The second-order valence-electron chi connectivity index (χ2n) is 9.37. The highest BCUT2D eigenvalue weighted by Crippen LogP contribution is 2.31. The molecule has 0 bridgehead atoms. The maximum absolute atomic E-state index is 14.4. The van der Waals surface area contributed by atoms with Crippen molar-refractivity contribution in [1.82, 2.24) is 24.1 Å². The molecule has 0 aliphatic carbocycles. The predicted octanol–water partition coefficient (Wildman–Crippen LogP) is 3.39. The van der Waals surface area contributed by atoms with Gasteiger partial charge in [0, 0.05) is 44.3 Å². The van der Waals surface area contributed by atoms with E-state index in [2.05, 4.69) is 15.3 Å². The van der Waals surface area contributed by atoms with E-state index in [0.717, 1.165) is 23.3 Å². The van der Waals surface area contributed by atoms with Gasteiger partial charge in [-0.25, -0.2) is 19.2 Å². The van der Waals surface area contributed by atoms with Gasteiger partial charge in [-0.1, -0.05) is 6.07 Å². The van der Waals surface area contributed by atoms with E-state index in [1.807, 2.05) is 42.2 Å². The molecule has 5 aromatic rings. The number of aliphatic hydroxyl groups is 1. The van der Waals surface area contributed by atoms with Crippen molar-refractivity contribution >= 4 is 33.6 Å². The molecular weight excluding hydrogens is 473 g/mol.